The van der Waals surface area contributed by atoms with Gasteiger partial charge in [0.1, 0.15) is 12.4 Å². The smallest absolute Gasteiger partial charge is 0.306 e. The number of ether oxygens (including phenoxy) is 1. The maximum absolute atomic E-state index is 13.2. The van der Waals surface area contributed by atoms with Crippen LogP contribution in [0, 0.1) is 17.7 Å². The van der Waals surface area contributed by atoms with E-state index in [0.29, 0.717) is 0 Å². The number of sulfonamides is 1. The van der Waals surface area contributed by atoms with Gasteiger partial charge in [0.15, 0.2) is 0 Å². The second-order valence-corrected chi connectivity index (χ2v) is 5.56. The molecule has 0 unspecified atom stereocenters. The standard InChI is InChI=1S/C13H14FNO5S/c1-20-13(17)6-7-15-21(18,19)12-5-4-11(14)9-10(12)3-2-8-16/h4-5,9,15-16H,6-8H2,1H3. The van der Waals surface area contributed by atoms with E-state index in [1.807, 2.05) is 0 Å². The molecule has 0 spiro atoms. The van der Waals surface area contributed by atoms with E-state index in [1.165, 1.54) is 7.11 Å². The van der Waals surface area contributed by atoms with E-state index in [-0.39, 0.29) is 23.4 Å². The van der Waals surface area contributed by atoms with Crippen molar-refractivity contribution < 1.29 is 27.4 Å². The first-order valence-corrected chi connectivity index (χ1v) is 7.35. The molecule has 6 nitrogen and oxygen atoms in total. The molecule has 8 heteroatoms. The molecular formula is C13H14FNO5S. The molecule has 1 aromatic carbocycles. The number of rotatable bonds is 5. The van der Waals surface area contributed by atoms with Crippen LogP contribution in [0.2, 0.25) is 0 Å². The van der Waals surface area contributed by atoms with Crippen LogP contribution < -0.4 is 4.72 Å². The van der Waals surface area contributed by atoms with E-state index in [1.54, 1.807) is 0 Å². The molecule has 0 bridgehead atoms. The van der Waals surface area contributed by atoms with E-state index in [9.17, 15) is 17.6 Å². The Labute approximate surface area is 122 Å². The van der Waals surface area contributed by atoms with Gasteiger partial charge in [0.2, 0.25) is 10.0 Å². The van der Waals surface area contributed by atoms with Crippen LogP contribution in [0.5, 0.6) is 0 Å². The maximum Gasteiger partial charge on any atom is 0.306 e. The summed E-state index contributed by atoms with van der Waals surface area (Å²) in [6.45, 7) is -0.634. The van der Waals surface area contributed by atoms with Gasteiger partial charge >= 0.3 is 5.97 Å². The van der Waals surface area contributed by atoms with E-state index in [2.05, 4.69) is 21.3 Å². The van der Waals surface area contributed by atoms with Gasteiger partial charge in [-0.1, -0.05) is 11.8 Å². The van der Waals surface area contributed by atoms with Gasteiger partial charge in [-0.2, -0.15) is 0 Å². The average Bonchev–Trinajstić information content (AvgIpc) is 2.44. The summed E-state index contributed by atoms with van der Waals surface area (Å²) in [5, 5.41) is 8.64. The monoisotopic (exact) mass is 315 g/mol. The molecule has 1 rings (SSSR count). The molecule has 0 aliphatic rings. The second-order valence-electron chi connectivity index (χ2n) is 3.82. The highest BCUT2D eigenvalue weighted by Gasteiger charge is 2.18. The number of hydrogen-bond acceptors (Lipinski definition) is 5. The first kappa shape index (κ1) is 17.1. The summed E-state index contributed by atoms with van der Waals surface area (Å²) in [7, 11) is -2.76. The Morgan fingerprint density at radius 1 is 1.48 bits per heavy atom. The molecule has 0 saturated heterocycles. The normalized spacial score (nSPS) is 10.6. The van der Waals surface area contributed by atoms with E-state index >= 15 is 0 Å². The SMILES string of the molecule is COC(=O)CCNS(=O)(=O)c1ccc(F)cc1C#CCO. The summed E-state index contributed by atoms with van der Waals surface area (Å²) in [4.78, 5) is 10.7. The third-order valence-electron chi connectivity index (χ3n) is 2.38. The quantitative estimate of drug-likeness (QED) is 0.590. The zero-order valence-electron chi connectivity index (χ0n) is 11.2. The number of esters is 1. The van der Waals surface area contributed by atoms with Gasteiger partial charge in [-0.15, -0.1) is 0 Å². The van der Waals surface area contributed by atoms with Gasteiger partial charge in [-0.25, -0.2) is 17.5 Å². The molecule has 114 valence electrons. The number of hydrogen-bond donors (Lipinski definition) is 2. The average molecular weight is 315 g/mol. The number of carbonyl (C=O) groups excluding carboxylic acids is 1. The summed E-state index contributed by atoms with van der Waals surface area (Å²) in [5.74, 6) is 3.42. The van der Waals surface area contributed by atoms with Crippen LogP contribution in [0.3, 0.4) is 0 Å². The van der Waals surface area contributed by atoms with Crippen LogP contribution in [-0.4, -0.2) is 39.8 Å². The highest BCUT2D eigenvalue weighted by atomic mass is 32.2. The number of nitrogens with one attached hydrogen (secondary N) is 1. The molecule has 0 radical (unpaired) electrons. The lowest BCUT2D eigenvalue weighted by Crippen LogP contribution is -2.27. The molecule has 0 aromatic heterocycles. The van der Waals surface area contributed by atoms with Crippen molar-refractivity contribution >= 4 is 16.0 Å². The molecule has 0 aliphatic carbocycles. The van der Waals surface area contributed by atoms with Crippen LogP contribution in [-0.2, 0) is 19.6 Å². The topological polar surface area (TPSA) is 92.7 Å². The zero-order chi connectivity index (χ0) is 15.9. The molecule has 1 aromatic rings. The first-order valence-electron chi connectivity index (χ1n) is 5.86. The van der Waals surface area contributed by atoms with E-state index in [4.69, 9.17) is 5.11 Å². The Kier molecular flexibility index (Phi) is 6.30. The Bertz CT molecular complexity index is 676. The Balaban J connectivity index is 2.99. The Hall–Kier alpha value is -1.95. The highest BCUT2D eigenvalue weighted by molar-refractivity contribution is 7.89. The third-order valence-corrected chi connectivity index (χ3v) is 3.90. The molecule has 21 heavy (non-hydrogen) atoms. The van der Waals surface area contributed by atoms with Crippen LogP contribution in [0.15, 0.2) is 23.1 Å². The number of halogens is 1. The van der Waals surface area contributed by atoms with Crippen molar-refractivity contribution in [3.63, 3.8) is 0 Å². The van der Waals surface area contributed by atoms with Crippen molar-refractivity contribution in [3.8, 4) is 11.8 Å². The molecule has 0 amide bonds. The molecule has 0 saturated carbocycles. The lowest BCUT2D eigenvalue weighted by atomic mass is 10.2. The lowest BCUT2D eigenvalue weighted by molar-refractivity contribution is -0.140. The zero-order valence-corrected chi connectivity index (χ0v) is 12.0. The Morgan fingerprint density at radius 3 is 2.81 bits per heavy atom. The summed E-state index contributed by atoms with van der Waals surface area (Å²) in [5.41, 5.74) is -0.0744. The predicted octanol–water partition coefficient (Wildman–Crippen LogP) is 0.0109. The van der Waals surface area contributed by atoms with Gasteiger partial charge in [-0.3, -0.25) is 4.79 Å². The second kappa shape index (κ2) is 7.73. The van der Waals surface area contributed by atoms with E-state index < -0.39 is 28.4 Å². The fourth-order valence-electron chi connectivity index (χ4n) is 1.44. The third kappa shape index (κ3) is 5.15. The van der Waals surface area contributed by atoms with Gasteiger partial charge in [-0.05, 0) is 18.2 Å². The molecule has 0 atom stereocenters. The summed E-state index contributed by atoms with van der Waals surface area (Å²) in [6, 6.07) is 3.01. The first-order chi connectivity index (χ1) is 9.90. The highest BCUT2D eigenvalue weighted by Crippen LogP contribution is 2.16. The van der Waals surface area contributed by atoms with Crippen LogP contribution in [0.4, 0.5) is 4.39 Å². The van der Waals surface area contributed by atoms with Crippen LogP contribution >= 0.6 is 0 Å². The van der Waals surface area contributed by atoms with Crippen molar-refractivity contribution in [2.24, 2.45) is 0 Å². The number of methoxy groups -OCH3 is 1. The number of carbonyl (C=O) groups is 1. The molecule has 0 aliphatic heterocycles. The molecule has 0 fully saturated rings. The summed E-state index contributed by atoms with van der Waals surface area (Å²) in [6.07, 6.45) is -0.130. The number of aliphatic hydroxyl groups is 1. The molecular weight excluding hydrogens is 301 g/mol. The lowest BCUT2D eigenvalue weighted by Gasteiger charge is -2.08. The summed E-state index contributed by atoms with van der Waals surface area (Å²) >= 11 is 0. The Morgan fingerprint density at radius 2 is 2.19 bits per heavy atom. The van der Waals surface area contributed by atoms with Crippen LogP contribution in [0.1, 0.15) is 12.0 Å². The van der Waals surface area contributed by atoms with Gasteiger partial charge in [0.05, 0.1) is 18.4 Å². The largest absolute Gasteiger partial charge is 0.469 e. The van der Waals surface area contributed by atoms with Crippen molar-refractivity contribution in [2.45, 2.75) is 11.3 Å². The predicted molar refractivity (Wildman–Crippen MR) is 72.2 cm³/mol. The van der Waals surface area contributed by atoms with Crippen molar-refractivity contribution in [2.75, 3.05) is 20.3 Å². The minimum atomic E-state index is -3.95. The minimum Gasteiger partial charge on any atom is -0.469 e. The maximum atomic E-state index is 13.2. The minimum absolute atomic E-state index is 0.0744. The van der Waals surface area contributed by atoms with Gasteiger partial charge < -0.3 is 9.84 Å². The molecule has 2 N–H and O–H groups in total. The van der Waals surface area contributed by atoms with Crippen molar-refractivity contribution in [1.29, 1.82) is 0 Å². The molecule has 0 heterocycles. The fraction of sp³-hybridized carbons (Fsp3) is 0.308. The van der Waals surface area contributed by atoms with Crippen molar-refractivity contribution in [3.05, 3.63) is 29.6 Å². The van der Waals surface area contributed by atoms with E-state index in [0.717, 1.165) is 18.2 Å². The van der Waals surface area contributed by atoms with Gasteiger partial charge in [0.25, 0.3) is 0 Å². The number of benzene rings is 1. The number of aliphatic hydroxyl groups excluding tert-OH is 1. The fourth-order valence-corrected chi connectivity index (χ4v) is 2.61. The van der Waals surface area contributed by atoms with Crippen LogP contribution in [0.25, 0.3) is 0 Å². The van der Waals surface area contributed by atoms with Gasteiger partial charge in [0, 0.05) is 12.1 Å². The van der Waals surface area contributed by atoms with Crippen molar-refractivity contribution in [1.82, 2.24) is 4.72 Å². The summed E-state index contributed by atoms with van der Waals surface area (Å²) < 4.78 is 43.9.